The molecule has 17 aromatic rings. The number of amides is 4. The van der Waals surface area contributed by atoms with Crippen LogP contribution < -0.4 is 21.3 Å². The van der Waals surface area contributed by atoms with Crippen LogP contribution in [0.15, 0.2) is 328 Å². The number of carbonyl (C=O) groups is 4. The van der Waals surface area contributed by atoms with E-state index >= 15 is 0 Å². The first-order valence-corrected chi connectivity index (χ1v) is 48.5. The second-order valence-corrected chi connectivity index (χ2v) is 35.6. The minimum absolute atomic E-state index is 0.0130. The Hall–Kier alpha value is -16.9. The SMILES string of the molecule is O=C(CCCc1ccccc1)Nc1nc2c(nc1/C=C/c1ccccc1)-c1ccc(CO)cc1CC2.O=C(CCc1ccccc1)Nc1nc2c(nc1/C=C/c1ccccc1)-c1ccc(CO)cc1CC2.O=C(Cc1ccc2ccccc2c1)Nc1nc2c(nc1/C=C/c1ccccc1)-c1ccc(CO)cc1CC2.O=C(Cc1ccccc1)Nc1nc2c(nc1/C=C/c1ccccc1)-c1ccc(CO)cc1CC2. The lowest BCUT2D eigenvalue weighted by atomic mass is 9.90. The summed E-state index contributed by atoms with van der Waals surface area (Å²) in [5.74, 6) is 1.54. The van der Waals surface area contributed by atoms with Crippen molar-refractivity contribution in [3.05, 3.63) is 462 Å². The van der Waals surface area contributed by atoms with E-state index in [-0.39, 0.29) is 62.9 Å². The lowest BCUT2D eigenvalue weighted by Crippen LogP contribution is -2.19. The van der Waals surface area contributed by atoms with Crippen LogP contribution in [0, 0.1) is 0 Å². The fourth-order valence-corrected chi connectivity index (χ4v) is 18.1. The maximum atomic E-state index is 13.2. The first-order valence-electron chi connectivity index (χ1n) is 48.5. The summed E-state index contributed by atoms with van der Waals surface area (Å²) in [5.41, 5.74) is 30.1. The van der Waals surface area contributed by atoms with Crippen molar-refractivity contribution in [2.75, 3.05) is 21.3 Å². The molecule has 0 saturated heterocycles. The number of hydrogen-bond acceptors (Lipinski definition) is 16. The summed E-state index contributed by atoms with van der Waals surface area (Å²) in [6.07, 6.45) is 25.4. The normalized spacial score (nSPS) is 12.3. The molecule has 0 radical (unpaired) electrons. The van der Waals surface area contributed by atoms with Crippen molar-refractivity contribution in [1.82, 2.24) is 39.9 Å². The van der Waals surface area contributed by atoms with Gasteiger partial charge in [0.15, 0.2) is 23.3 Å². The Morgan fingerprint density at radius 3 is 0.839 bits per heavy atom. The molecule has 4 aliphatic rings. The van der Waals surface area contributed by atoms with E-state index in [4.69, 9.17) is 39.9 Å². The van der Waals surface area contributed by atoms with Crippen molar-refractivity contribution in [3.8, 4) is 45.0 Å². The number of nitrogens with zero attached hydrogens (tertiary/aromatic N) is 8. The van der Waals surface area contributed by atoms with Crippen LogP contribution in [0.4, 0.5) is 23.3 Å². The van der Waals surface area contributed by atoms with E-state index in [2.05, 4.69) is 51.6 Å². The number of aliphatic hydroxyl groups is 4. The molecule has 4 aromatic heterocycles. The van der Waals surface area contributed by atoms with Crippen LogP contribution in [0.5, 0.6) is 0 Å². The molecule has 143 heavy (non-hydrogen) atoms. The molecule has 4 aliphatic carbocycles. The highest BCUT2D eigenvalue weighted by Gasteiger charge is 2.29. The summed E-state index contributed by atoms with van der Waals surface area (Å²) in [5, 5.41) is 52.4. The standard InChI is InChI=1S/C33H27N3O2.C31H29N3O2.C30H27N3O2.C29H25N3O2/c37-21-24-11-15-28-27(19-24)14-17-29-32(28)34-30(16-12-22-6-2-1-3-7-22)33(35-29)36-31(38)20-23-10-13-25-8-4-5-9-26(25)18-23;35-21-24-14-17-26-25(20-24)16-19-27-30(26)32-28(18-15-23-10-5-2-6-11-23)31(33-27)34-29(36)13-7-12-22-8-3-1-4-9-22;34-20-23-11-15-25-24(19-23)14-17-26-29(25)31-27(16-12-21-7-3-1-4-8-21)30(32-26)33-28(35)18-13-22-9-5-2-6-10-22;33-19-22-11-14-24-23(17-22)13-16-25-28(24)30-26(15-12-20-7-3-1-4-8-20)29(31-25)32-27(34)18-21-9-5-2-6-10-21/h1-13,15-16,18-19,37H,14,17,20-21H2,(H,35,36,38);1-6,8-11,14-15,17-18,20,35H,7,12-13,16,19,21H2,(H,33,34,36);1-12,15-16,19,34H,13-14,17-18,20H2,(H,32,33,35);1-12,14-15,17,33H,13,16,18-19H2,(H,31,32,34)/b16-12+;18-15+;16-12+;15-12+. The zero-order valence-electron chi connectivity index (χ0n) is 79.2. The average molecular weight is 1880 g/mol. The van der Waals surface area contributed by atoms with Gasteiger partial charge in [-0.15, -0.1) is 0 Å². The number of aliphatic hydroxyl groups excluding tert-OH is 4. The molecule has 0 unspecified atom stereocenters. The van der Waals surface area contributed by atoms with Gasteiger partial charge in [0.2, 0.25) is 23.6 Å². The monoisotopic (exact) mass is 1880 g/mol. The third kappa shape index (κ3) is 25.2. The number of aryl methyl sites for hydroxylation is 10. The van der Waals surface area contributed by atoms with Crippen LogP contribution in [0.2, 0.25) is 0 Å². The summed E-state index contributed by atoms with van der Waals surface area (Å²) in [6.45, 7) is 0.0687. The van der Waals surface area contributed by atoms with Crippen molar-refractivity contribution in [3.63, 3.8) is 0 Å². The zero-order valence-corrected chi connectivity index (χ0v) is 79.2. The molecule has 0 atom stereocenters. The summed E-state index contributed by atoms with van der Waals surface area (Å²) in [4.78, 5) is 91.0. The Morgan fingerprint density at radius 1 is 0.238 bits per heavy atom. The number of aromatic nitrogens is 8. The Bertz CT molecular complexity index is 7560. The highest BCUT2D eigenvalue weighted by Crippen LogP contribution is 2.40. The van der Waals surface area contributed by atoms with E-state index < -0.39 is 0 Å². The van der Waals surface area contributed by atoms with Gasteiger partial charge in [-0.05, 0) is 195 Å². The van der Waals surface area contributed by atoms with E-state index in [1.54, 1.807) is 0 Å². The molecule has 4 amide bonds. The van der Waals surface area contributed by atoms with Crippen molar-refractivity contribution in [2.24, 2.45) is 0 Å². The van der Waals surface area contributed by atoms with Gasteiger partial charge < -0.3 is 41.7 Å². The second-order valence-electron chi connectivity index (χ2n) is 35.6. The largest absolute Gasteiger partial charge is 0.392 e. The molecule has 0 saturated carbocycles. The Balaban J connectivity index is 0.000000126. The minimum atomic E-state index is -0.132. The van der Waals surface area contributed by atoms with Gasteiger partial charge in [-0.2, -0.15) is 0 Å². The van der Waals surface area contributed by atoms with Gasteiger partial charge in [-0.3, -0.25) is 19.2 Å². The van der Waals surface area contributed by atoms with E-state index in [1.165, 1.54) is 11.1 Å². The fourth-order valence-electron chi connectivity index (χ4n) is 18.1. The third-order valence-electron chi connectivity index (χ3n) is 25.5. The van der Waals surface area contributed by atoms with Crippen molar-refractivity contribution in [2.45, 2.75) is 123 Å². The molecule has 0 aliphatic heterocycles. The van der Waals surface area contributed by atoms with Gasteiger partial charge in [-0.1, -0.05) is 352 Å². The molecular formula is C123H108N12O8. The van der Waals surface area contributed by atoms with Crippen LogP contribution in [-0.4, -0.2) is 83.9 Å². The van der Waals surface area contributed by atoms with Crippen molar-refractivity contribution in [1.29, 1.82) is 0 Å². The molecule has 0 spiro atoms. The lowest BCUT2D eigenvalue weighted by molar-refractivity contribution is -0.117. The molecule has 0 bridgehead atoms. The smallest absolute Gasteiger partial charge is 0.230 e. The Kier molecular flexibility index (Phi) is 31.8. The van der Waals surface area contributed by atoms with Crippen LogP contribution in [-0.2, 0) is 123 Å². The molecule has 21 rings (SSSR count). The van der Waals surface area contributed by atoms with Crippen LogP contribution >= 0.6 is 0 Å². The van der Waals surface area contributed by atoms with E-state index in [0.717, 1.165) is 221 Å². The quantitative estimate of drug-likeness (QED) is 0.0237. The molecule has 708 valence electrons. The predicted molar refractivity (Wildman–Crippen MR) is 571 cm³/mol. The summed E-state index contributed by atoms with van der Waals surface area (Å²) < 4.78 is 0. The summed E-state index contributed by atoms with van der Waals surface area (Å²) >= 11 is 0. The first kappa shape index (κ1) is 96.4. The van der Waals surface area contributed by atoms with Crippen molar-refractivity contribution >= 4 is 106 Å². The van der Waals surface area contributed by atoms with Gasteiger partial charge in [0.05, 0.1) is 84.8 Å². The molecular weight excluding hydrogens is 1770 g/mol. The number of anilines is 4. The number of carbonyl (C=O) groups excluding carboxylic acids is 4. The zero-order chi connectivity index (χ0) is 98.0. The Morgan fingerprint density at radius 2 is 0.510 bits per heavy atom. The predicted octanol–water partition coefficient (Wildman–Crippen LogP) is 22.7. The molecule has 20 heteroatoms. The van der Waals surface area contributed by atoms with Gasteiger partial charge in [0.25, 0.3) is 0 Å². The fraction of sp³-hybridized carbons (Fsp3) is 0.154. The summed E-state index contributed by atoms with van der Waals surface area (Å²) in [6, 6.07) is 108. The van der Waals surface area contributed by atoms with Crippen molar-refractivity contribution < 1.29 is 39.6 Å². The molecule has 13 aromatic carbocycles. The third-order valence-corrected chi connectivity index (χ3v) is 25.5. The van der Waals surface area contributed by atoms with Gasteiger partial charge in [-0.25, -0.2) is 39.9 Å². The van der Waals surface area contributed by atoms with Gasteiger partial charge >= 0.3 is 0 Å². The Labute approximate surface area is 831 Å². The number of nitrogens with one attached hydrogen (secondary N) is 4. The molecule has 4 heterocycles. The highest BCUT2D eigenvalue weighted by molar-refractivity contribution is 5.98. The highest BCUT2D eigenvalue weighted by atomic mass is 16.3. The molecule has 8 N–H and O–H groups in total. The van der Waals surface area contributed by atoms with Crippen LogP contribution in [0.25, 0.3) is 104 Å². The number of hydrogen-bond donors (Lipinski definition) is 8. The number of rotatable bonds is 27. The maximum Gasteiger partial charge on any atom is 0.230 e. The van der Waals surface area contributed by atoms with Crippen LogP contribution in [0.3, 0.4) is 0 Å². The van der Waals surface area contributed by atoms with E-state index in [9.17, 15) is 39.6 Å². The second kappa shape index (κ2) is 47.2. The first-order chi connectivity index (χ1) is 70.2. The number of fused-ring (bicyclic) bond motifs is 13. The summed E-state index contributed by atoms with van der Waals surface area (Å²) in [7, 11) is 0. The lowest BCUT2D eigenvalue weighted by Gasteiger charge is -2.21. The van der Waals surface area contributed by atoms with Gasteiger partial charge in [0, 0.05) is 35.1 Å². The number of benzene rings is 13. The van der Waals surface area contributed by atoms with Crippen LogP contribution in [0.1, 0.15) is 154 Å². The van der Waals surface area contributed by atoms with Gasteiger partial charge in [0.1, 0.15) is 22.8 Å². The topological polar surface area (TPSA) is 300 Å². The van der Waals surface area contributed by atoms with E-state index in [1.807, 2.05) is 346 Å². The van der Waals surface area contributed by atoms with E-state index in [0.29, 0.717) is 65.3 Å². The molecule has 20 nitrogen and oxygen atoms in total. The maximum absolute atomic E-state index is 13.2. The average Bonchev–Trinajstić information content (AvgIpc) is 0.781. The molecule has 0 fully saturated rings. The minimum Gasteiger partial charge on any atom is -0.392 e.